The second-order valence-electron chi connectivity index (χ2n) is 4.12. The van der Waals surface area contributed by atoms with Crippen LogP contribution in [-0.4, -0.2) is 28.1 Å². The molecule has 1 aromatic heterocycles. The molecule has 0 unspecified atom stereocenters. The molecular weight excluding hydrogens is 346 g/mol. The van der Waals surface area contributed by atoms with Crippen molar-refractivity contribution < 1.29 is 9.53 Å². The van der Waals surface area contributed by atoms with E-state index in [2.05, 4.69) is 26.2 Å². The maximum Gasteiger partial charge on any atom is 0.360 e. The standard InChI is InChI=1S/C13H13BrClN3O2/c1-3-11-12(13(19)20-2)16-17-18(11)7-8-4-5-9(14)6-10(8)15/h4-6H,3,7H2,1-2H3. The second-order valence-corrected chi connectivity index (χ2v) is 5.45. The fourth-order valence-electron chi connectivity index (χ4n) is 1.88. The molecular formula is C13H13BrClN3O2. The maximum atomic E-state index is 11.6. The van der Waals surface area contributed by atoms with Crippen LogP contribution >= 0.6 is 27.5 Å². The third-order valence-electron chi connectivity index (χ3n) is 2.89. The van der Waals surface area contributed by atoms with Gasteiger partial charge in [-0.1, -0.05) is 45.7 Å². The summed E-state index contributed by atoms with van der Waals surface area (Å²) in [4.78, 5) is 11.6. The summed E-state index contributed by atoms with van der Waals surface area (Å²) >= 11 is 9.55. The number of hydrogen-bond donors (Lipinski definition) is 0. The van der Waals surface area contributed by atoms with Crippen molar-refractivity contribution in [2.75, 3.05) is 7.11 Å². The number of nitrogens with zero attached hydrogens (tertiary/aromatic N) is 3. The molecule has 0 atom stereocenters. The average Bonchev–Trinajstić information content (AvgIpc) is 2.83. The van der Waals surface area contributed by atoms with E-state index in [4.69, 9.17) is 16.3 Å². The van der Waals surface area contributed by atoms with Crippen molar-refractivity contribution >= 4 is 33.5 Å². The van der Waals surface area contributed by atoms with Gasteiger partial charge in [-0.3, -0.25) is 0 Å². The van der Waals surface area contributed by atoms with E-state index in [0.29, 0.717) is 18.0 Å². The molecule has 5 nitrogen and oxygen atoms in total. The van der Waals surface area contributed by atoms with E-state index in [0.717, 1.165) is 15.7 Å². The summed E-state index contributed by atoms with van der Waals surface area (Å²) in [5.74, 6) is -0.477. The number of carbonyl (C=O) groups excluding carboxylic acids is 1. The summed E-state index contributed by atoms with van der Waals surface area (Å²) in [7, 11) is 1.33. The van der Waals surface area contributed by atoms with Crippen molar-refractivity contribution in [2.45, 2.75) is 19.9 Å². The normalized spacial score (nSPS) is 10.6. The first kappa shape index (κ1) is 15.0. The smallest absolute Gasteiger partial charge is 0.360 e. The molecule has 2 rings (SSSR count). The Morgan fingerprint density at radius 2 is 2.25 bits per heavy atom. The minimum Gasteiger partial charge on any atom is -0.464 e. The highest BCUT2D eigenvalue weighted by molar-refractivity contribution is 9.10. The monoisotopic (exact) mass is 357 g/mol. The lowest BCUT2D eigenvalue weighted by Crippen LogP contribution is -2.10. The molecule has 0 aliphatic heterocycles. The molecule has 20 heavy (non-hydrogen) atoms. The van der Waals surface area contributed by atoms with E-state index in [1.165, 1.54) is 7.11 Å². The molecule has 0 aliphatic rings. The number of halogens is 2. The van der Waals surface area contributed by atoms with E-state index in [1.54, 1.807) is 4.68 Å². The molecule has 0 saturated carbocycles. The predicted molar refractivity (Wildman–Crippen MR) is 79.0 cm³/mol. The van der Waals surface area contributed by atoms with Crippen molar-refractivity contribution in [3.05, 3.63) is 44.6 Å². The van der Waals surface area contributed by atoms with Gasteiger partial charge in [0.1, 0.15) is 0 Å². The Bertz CT molecular complexity index is 643. The summed E-state index contributed by atoms with van der Waals surface area (Å²) in [5.41, 5.74) is 1.89. The highest BCUT2D eigenvalue weighted by Gasteiger charge is 2.19. The van der Waals surface area contributed by atoms with Gasteiger partial charge >= 0.3 is 5.97 Å². The second kappa shape index (κ2) is 6.37. The van der Waals surface area contributed by atoms with Gasteiger partial charge in [0.2, 0.25) is 0 Å². The summed E-state index contributed by atoms with van der Waals surface area (Å²) in [5, 5.41) is 8.53. The Balaban J connectivity index is 2.34. The lowest BCUT2D eigenvalue weighted by atomic mass is 10.2. The van der Waals surface area contributed by atoms with Crippen LogP contribution in [0.4, 0.5) is 0 Å². The van der Waals surface area contributed by atoms with Gasteiger partial charge in [-0.2, -0.15) is 0 Å². The summed E-state index contributed by atoms with van der Waals surface area (Å²) in [6.07, 6.45) is 0.631. The van der Waals surface area contributed by atoms with E-state index in [9.17, 15) is 4.79 Å². The van der Waals surface area contributed by atoms with Crippen LogP contribution in [0.1, 0.15) is 28.7 Å². The Kier molecular flexibility index (Phi) is 4.77. The van der Waals surface area contributed by atoms with Crippen molar-refractivity contribution in [1.29, 1.82) is 0 Å². The summed E-state index contributed by atoms with van der Waals surface area (Å²) in [6, 6.07) is 5.64. The number of hydrogen-bond acceptors (Lipinski definition) is 4. The number of aromatic nitrogens is 3. The van der Waals surface area contributed by atoms with Crippen LogP contribution < -0.4 is 0 Å². The van der Waals surface area contributed by atoms with Crippen LogP contribution in [-0.2, 0) is 17.7 Å². The molecule has 1 heterocycles. The van der Waals surface area contributed by atoms with Gasteiger partial charge < -0.3 is 4.74 Å². The molecule has 0 aliphatic carbocycles. The minimum atomic E-state index is -0.477. The molecule has 1 aromatic carbocycles. The molecule has 0 amide bonds. The lowest BCUT2D eigenvalue weighted by Gasteiger charge is -2.08. The Hall–Kier alpha value is -1.40. The van der Waals surface area contributed by atoms with Crippen molar-refractivity contribution in [3.63, 3.8) is 0 Å². The van der Waals surface area contributed by atoms with E-state index >= 15 is 0 Å². The summed E-state index contributed by atoms with van der Waals surface area (Å²) in [6.45, 7) is 2.39. The molecule has 106 valence electrons. The number of carbonyl (C=O) groups is 1. The minimum absolute atomic E-state index is 0.253. The van der Waals surface area contributed by atoms with Crippen LogP contribution in [0.25, 0.3) is 0 Å². The molecule has 0 N–H and O–H groups in total. The molecule has 0 saturated heterocycles. The van der Waals surface area contributed by atoms with Crippen LogP contribution in [0, 0.1) is 0 Å². The van der Waals surface area contributed by atoms with Crippen LogP contribution in [0.3, 0.4) is 0 Å². The number of esters is 1. The third kappa shape index (κ3) is 3.02. The van der Waals surface area contributed by atoms with Crippen LogP contribution in [0.5, 0.6) is 0 Å². The molecule has 0 radical (unpaired) electrons. The van der Waals surface area contributed by atoms with Crippen LogP contribution in [0.2, 0.25) is 5.02 Å². The highest BCUT2D eigenvalue weighted by atomic mass is 79.9. The molecule has 7 heteroatoms. The number of methoxy groups -OCH3 is 1. The zero-order valence-electron chi connectivity index (χ0n) is 11.1. The first-order chi connectivity index (χ1) is 9.56. The van der Waals surface area contributed by atoms with Crippen molar-refractivity contribution in [2.24, 2.45) is 0 Å². The third-order valence-corrected chi connectivity index (χ3v) is 3.73. The SMILES string of the molecule is CCc1c(C(=O)OC)nnn1Cc1ccc(Br)cc1Cl. The zero-order chi connectivity index (χ0) is 14.7. The van der Waals surface area contributed by atoms with Gasteiger partial charge in [-0.05, 0) is 24.1 Å². The predicted octanol–water partition coefficient (Wildman–Crippen LogP) is 3.09. The van der Waals surface area contributed by atoms with E-state index in [1.807, 2.05) is 25.1 Å². The van der Waals surface area contributed by atoms with Crippen molar-refractivity contribution in [1.82, 2.24) is 15.0 Å². The Morgan fingerprint density at radius 3 is 2.85 bits per heavy atom. The first-order valence-corrected chi connectivity index (χ1v) is 7.18. The number of benzene rings is 1. The highest BCUT2D eigenvalue weighted by Crippen LogP contribution is 2.22. The van der Waals surface area contributed by atoms with E-state index < -0.39 is 5.97 Å². The van der Waals surface area contributed by atoms with Gasteiger partial charge in [0, 0.05) is 9.50 Å². The molecule has 2 aromatic rings. The summed E-state index contributed by atoms with van der Waals surface area (Å²) < 4.78 is 7.28. The topological polar surface area (TPSA) is 57.0 Å². The largest absolute Gasteiger partial charge is 0.464 e. The fraction of sp³-hybridized carbons (Fsp3) is 0.308. The fourth-order valence-corrected chi connectivity index (χ4v) is 2.61. The molecule has 0 fully saturated rings. The van der Waals surface area contributed by atoms with Crippen molar-refractivity contribution in [3.8, 4) is 0 Å². The maximum absolute atomic E-state index is 11.6. The van der Waals surface area contributed by atoms with Gasteiger partial charge in [0.05, 0.1) is 19.3 Å². The van der Waals surface area contributed by atoms with Gasteiger partial charge in [-0.25, -0.2) is 9.48 Å². The Morgan fingerprint density at radius 1 is 1.50 bits per heavy atom. The number of ether oxygens (including phenoxy) is 1. The lowest BCUT2D eigenvalue weighted by molar-refractivity contribution is 0.0592. The quantitative estimate of drug-likeness (QED) is 0.788. The Labute approximate surface area is 130 Å². The van der Waals surface area contributed by atoms with E-state index in [-0.39, 0.29) is 5.69 Å². The number of rotatable bonds is 4. The average molecular weight is 359 g/mol. The zero-order valence-corrected chi connectivity index (χ0v) is 13.4. The van der Waals surface area contributed by atoms with Gasteiger partial charge in [0.15, 0.2) is 5.69 Å². The first-order valence-electron chi connectivity index (χ1n) is 6.01. The molecule has 0 bridgehead atoms. The van der Waals surface area contributed by atoms with Crippen LogP contribution in [0.15, 0.2) is 22.7 Å². The van der Waals surface area contributed by atoms with Gasteiger partial charge in [-0.15, -0.1) is 5.10 Å². The molecule has 0 spiro atoms. The van der Waals surface area contributed by atoms with Gasteiger partial charge in [0.25, 0.3) is 0 Å².